The molecule has 0 unspecified atom stereocenters. The second-order valence-corrected chi connectivity index (χ2v) is 6.49. The molecule has 1 spiro atoms. The molecule has 2 fully saturated rings. The highest BCUT2D eigenvalue weighted by Crippen LogP contribution is 2.38. The average Bonchev–Trinajstić information content (AvgIpc) is 2.95. The molecular formula is C19H22O5. The molecule has 0 atom stereocenters. The minimum Gasteiger partial charge on any atom is -0.491 e. The van der Waals surface area contributed by atoms with E-state index in [2.05, 4.69) is 0 Å². The summed E-state index contributed by atoms with van der Waals surface area (Å²) in [4.78, 5) is 24.5. The Kier molecular flexibility index (Phi) is 4.60. The van der Waals surface area contributed by atoms with E-state index in [0.717, 1.165) is 24.2 Å². The van der Waals surface area contributed by atoms with E-state index in [1.807, 2.05) is 38.1 Å². The van der Waals surface area contributed by atoms with Gasteiger partial charge in [-0.3, -0.25) is 0 Å². The highest BCUT2D eigenvalue weighted by molar-refractivity contribution is 6.15. The zero-order chi connectivity index (χ0) is 17.2. The third-order valence-electron chi connectivity index (χ3n) is 4.22. The average molecular weight is 330 g/mol. The summed E-state index contributed by atoms with van der Waals surface area (Å²) in [6.07, 6.45) is 4.99. The van der Waals surface area contributed by atoms with Crippen molar-refractivity contribution >= 4 is 11.9 Å². The molecule has 1 aliphatic carbocycles. The SMILES string of the molecule is CC(C)Oc1ccccc1CC=C1C(=O)OC2(CCCC2)OC1=O. The van der Waals surface area contributed by atoms with Crippen LogP contribution < -0.4 is 4.74 Å². The fourth-order valence-electron chi connectivity index (χ4n) is 3.09. The van der Waals surface area contributed by atoms with Gasteiger partial charge in [-0.1, -0.05) is 24.3 Å². The van der Waals surface area contributed by atoms with E-state index in [-0.39, 0.29) is 11.7 Å². The summed E-state index contributed by atoms with van der Waals surface area (Å²) < 4.78 is 16.6. The van der Waals surface area contributed by atoms with Gasteiger partial charge in [-0.05, 0) is 44.7 Å². The van der Waals surface area contributed by atoms with Gasteiger partial charge in [0.25, 0.3) is 5.79 Å². The molecule has 0 aromatic heterocycles. The number of rotatable bonds is 4. The second kappa shape index (κ2) is 6.67. The lowest BCUT2D eigenvalue weighted by Crippen LogP contribution is -2.44. The van der Waals surface area contributed by atoms with Crippen molar-refractivity contribution in [2.45, 2.75) is 57.8 Å². The molecule has 1 heterocycles. The highest BCUT2D eigenvalue weighted by Gasteiger charge is 2.47. The van der Waals surface area contributed by atoms with Crippen LogP contribution in [0.4, 0.5) is 0 Å². The minimum absolute atomic E-state index is 0.0353. The zero-order valence-corrected chi connectivity index (χ0v) is 14.0. The van der Waals surface area contributed by atoms with E-state index in [1.54, 1.807) is 6.08 Å². The summed E-state index contributed by atoms with van der Waals surface area (Å²) in [6, 6.07) is 7.57. The largest absolute Gasteiger partial charge is 0.491 e. The first-order chi connectivity index (χ1) is 11.5. The molecule has 1 aromatic rings. The van der Waals surface area contributed by atoms with Crippen molar-refractivity contribution in [3.8, 4) is 5.75 Å². The lowest BCUT2D eigenvalue weighted by molar-refractivity contribution is -0.232. The minimum atomic E-state index is -1.02. The second-order valence-electron chi connectivity index (χ2n) is 6.49. The molecule has 1 aromatic carbocycles. The molecule has 5 nitrogen and oxygen atoms in total. The number of esters is 2. The molecule has 1 saturated heterocycles. The van der Waals surface area contributed by atoms with Gasteiger partial charge in [-0.25, -0.2) is 9.59 Å². The van der Waals surface area contributed by atoms with Crippen LogP contribution in [0.25, 0.3) is 0 Å². The Morgan fingerprint density at radius 2 is 1.75 bits per heavy atom. The van der Waals surface area contributed by atoms with Gasteiger partial charge in [0.1, 0.15) is 11.3 Å². The van der Waals surface area contributed by atoms with E-state index >= 15 is 0 Å². The van der Waals surface area contributed by atoms with Gasteiger partial charge in [0.2, 0.25) is 0 Å². The Morgan fingerprint density at radius 1 is 1.12 bits per heavy atom. The summed E-state index contributed by atoms with van der Waals surface area (Å²) in [5.74, 6) is -1.45. The fraction of sp³-hybridized carbons (Fsp3) is 0.474. The molecule has 3 rings (SSSR count). The molecule has 1 saturated carbocycles. The smallest absolute Gasteiger partial charge is 0.348 e. The Morgan fingerprint density at radius 3 is 2.38 bits per heavy atom. The normalized spacial score (nSPS) is 19.4. The van der Waals surface area contributed by atoms with Crippen LogP contribution in [0, 0.1) is 0 Å². The summed E-state index contributed by atoms with van der Waals surface area (Å²) >= 11 is 0. The zero-order valence-electron chi connectivity index (χ0n) is 14.0. The lowest BCUT2D eigenvalue weighted by Gasteiger charge is -2.32. The molecule has 5 heteroatoms. The first-order valence-electron chi connectivity index (χ1n) is 8.40. The first-order valence-corrected chi connectivity index (χ1v) is 8.40. The number of para-hydroxylation sites is 1. The molecule has 2 aliphatic rings. The summed E-state index contributed by atoms with van der Waals surface area (Å²) in [7, 11) is 0. The summed E-state index contributed by atoms with van der Waals surface area (Å²) in [6.45, 7) is 3.90. The maximum atomic E-state index is 12.2. The molecule has 24 heavy (non-hydrogen) atoms. The number of hydrogen-bond acceptors (Lipinski definition) is 5. The van der Waals surface area contributed by atoms with Crippen molar-refractivity contribution in [3.05, 3.63) is 41.5 Å². The molecular weight excluding hydrogens is 308 g/mol. The fourth-order valence-corrected chi connectivity index (χ4v) is 3.09. The predicted molar refractivity (Wildman–Crippen MR) is 87.4 cm³/mol. The number of carbonyl (C=O) groups excluding carboxylic acids is 2. The van der Waals surface area contributed by atoms with E-state index in [4.69, 9.17) is 14.2 Å². The molecule has 1 aliphatic heterocycles. The maximum absolute atomic E-state index is 12.2. The van der Waals surface area contributed by atoms with Gasteiger partial charge in [-0.2, -0.15) is 0 Å². The standard InChI is InChI=1S/C19H22O5/c1-13(2)22-16-8-4-3-7-14(16)9-10-15-17(20)23-19(24-18(15)21)11-5-6-12-19/h3-4,7-8,10,13H,5-6,9,11-12H2,1-2H3. The van der Waals surface area contributed by atoms with Crippen LogP contribution >= 0.6 is 0 Å². The number of ether oxygens (including phenoxy) is 3. The van der Waals surface area contributed by atoms with Crippen molar-refractivity contribution < 1.29 is 23.8 Å². The van der Waals surface area contributed by atoms with E-state index in [1.165, 1.54) is 0 Å². The number of hydrogen-bond donors (Lipinski definition) is 0. The molecule has 0 amide bonds. The van der Waals surface area contributed by atoms with Gasteiger partial charge in [0.15, 0.2) is 0 Å². The molecule has 0 radical (unpaired) electrons. The Balaban J connectivity index is 1.75. The van der Waals surface area contributed by atoms with E-state index < -0.39 is 17.7 Å². The van der Waals surface area contributed by atoms with Gasteiger partial charge in [0, 0.05) is 12.8 Å². The number of allylic oxidation sites excluding steroid dienone is 1. The van der Waals surface area contributed by atoms with Crippen LogP contribution in [0.2, 0.25) is 0 Å². The number of carbonyl (C=O) groups is 2. The van der Waals surface area contributed by atoms with Crippen molar-refractivity contribution in [3.63, 3.8) is 0 Å². The highest BCUT2D eigenvalue weighted by atomic mass is 16.7. The van der Waals surface area contributed by atoms with Crippen LogP contribution in [-0.2, 0) is 25.5 Å². The summed E-state index contributed by atoms with van der Waals surface area (Å²) in [5.41, 5.74) is 0.868. The predicted octanol–water partition coefficient (Wildman–Crippen LogP) is 3.31. The Bertz CT molecular complexity index is 646. The molecule has 0 N–H and O–H groups in total. The van der Waals surface area contributed by atoms with Crippen LogP contribution in [0.5, 0.6) is 5.75 Å². The third-order valence-corrected chi connectivity index (χ3v) is 4.22. The monoisotopic (exact) mass is 330 g/mol. The van der Waals surface area contributed by atoms with E-state index in [0.29, 0.717) is 19.3 Å². The molecule has 128 valence electrons. The summed E-state index contributed by atoms with van der Waals surface area (Å²) in [5, 5.41) is 0. The van der Waals surface area contributed by atoms with Gasteiger partial charge < -0.3 is 14.2 Å². The maximum Gasteiger partial charge on any atom is 0.348 e. The van der Waals surface area contributed by atoms with Gasteiger partial charge in [0.05, 0.1) is 6.10 Å². The molecule has 0 bridgehead atoms. The van der Waals surface area contributed by atoms with Crippen molar-refractivity contribution in [1.82, 2.24) is 0 Å². The topological polar surface area (TPSA) is 61.8 Å². The van der Waals surface area contributed by atoms with Crippen molar-refractivity contribution in [2.75, 3.05) is 0 Å². The van der Waals surface area contributed by atoms with Crippen molar-refractivity contribution in [2.24, 2.45) is 0 Å². The number of benzene rings is 1. The van der Waals surface area contributed by atoms with Crippen LogP contribution in [0.3, 0.4) is 0 Å². The van der Waals surface area contributed by atoms with Gasteiger partial charge in [-0.15, -0.1) is 0 Å². The van der Waals surface area contributed by atoms with Gasteiger partial charge >= 0.3 is 11.9 Å². The Labute approximate surface area is 141 Å². The van der Waals surface area contributed by atoms with Crippen LogP contribution in [0.15, 0.2) is 35.9 Å². The first kappa shape index (κ1) is 16.6. The quantitative estimate of drug-likeness (QED) is 0.481. The lowest BCUT2D eigenvalue weighted by atomic mass is 10.1. The Hall–Kier alpha value is -2.30. The van der Waals surface area contributed by atoms with Crippen molar-refractivity contribution in [1.29, 1.82) is 0 Å². The van der Waals surface area contributed by atoms with Crippen LogP contribution in [-0.4, -0.2) is 23.8 Å². The third kappa shape index (κ3) is 3.45. The van der Waals surface area contributed by atoms with Crippen LogP contribution in [0.1, 0.15) is 45.1 Å². The van der Waals surface area contributed by atoms with E-state index in [9.17, 15) is 9.59 Å².